The fraction of sp³-hybridized carbons (Fsp3) is 0.174. The smallest absolute Gasteiger partial charge is 0.348 e. The SMILES string of the molecule is C=C(Cl)/C=C\C(=C(/C)c1cc(=O)n2c(n1)CC[C@H]2c1ncc(-c2csc(C(=O)O)c2F)[nH]1)N(N)C=N. The molecule has 186 valence electrons. The van der Waals surface area contributed by atoms with E-state index in [0.717, 1.165) is 22.7 Å². The number of fused-ring (bicyclic) bond motifs is 1. The lowest BCUT2D eigenvalue weighted by molar-refractivity contribution is 0.0698. The van der Waals surface area contributed by atoms with Gasteiger partial charge >= 0.3 is 5.97 Å². The lowest BCUT2D eigenvalue weighted by Gasteiger charge is -2.17. The number of carboxylic acid groups (broad SMARTS) is 1. The standard InChI is InChI=1S/C23H21ClFN7O3S/c1-11(24)3-4-16(31(27)10-26)12(2)14-7-19(33)32-17(5-6-18(32)29-14)22-28-8-15(30-22)13-9-36-21(20(13)25)23(34)35/h3-4,7-10,17,26H,1,5-6,27H2,2H3,(H,28,30)(H,34,35)/b4-3-,16-12-,26-10?/t17-/m0/s1. The monoisotopic (exact) mass is 529 g/mol. The van der Waals surface area contributed by atoms with Gasteiger partial charge in [-0.15, -0.1) is 11.3 Å². The zero-order chi connectivity index (χ0) is 26.1. The Hall–Kier alpha value is -3.87. The second-order valence-electron chi connectivity index (χ2n) is 7.93. The maximum absolute atomic E-state index is 14.5. The minimum absolute atomic E-state index is 0.105. The zero-order valence-electron chi connectivity index (χ0n) is 19.0. The molecule has 0 saturated heterocycles. The lowest BCUT2D eigenvalue weighted by atomic mass is 10.1. The van der Waals surface area contributed by atoms with E-state index < -0.39 is 17.8 Å². The van der Waals surface area contributed by atoms with Crippen LogP contribution in [-0.2, 0) is 6.42 Å². The maximum Gasteiger partial charge on any atom is 0.348 e. The Balaban J connectivity index is 1.70. The number of nitrogens with one attached hydrogen (secondary N) is 2. The zero-order valence-corrected chi connectivity index (χ0v) is 20.5. The molecule has 0 radical (unpaired) electrons. The van der Waals surface area contributed by atoms with Crippen LogP contribution in [0.4, 0.5) is 4.39 Å². The average molecular weight is 530 g/mol. The van der Waals surface area contributed by atoms with Gasteiger partial charge in [0.15, 0.2) is 5.82 Å². The predicted molar refractivity (Wildman–Crippen MR) is 135 cm³/mol. The van der Waals surface area contributed by atoms with Crippen LogP contribution >= 0.6 is 22.9 Å². The Morgan fingerprint density at radius 3 is 2.89 bits per heavy atom. The number of carbonyl (C=O) groups is 1. The molecule has 0 fully saturated rings. The van der Waals surface area contributed by atoms with Crippen molar-refractivity contribution in [2.45, 2.75) is 25.8 Å². The van der Waals surface area contributed by atoms with Crippen LogP contribution in [0.1, 0.15) is 46.4 Å². The molecule has 4 heterocycles. The molecule has 36 heavy (non-hydrogen) atoms. The minimum Gasteiger partial charge on any atom is -0.477 e. The third-order valence-electron chi connectivity index (χ3n) is 5.71. The van der Waals surface area contributed by atoms with E-state index in [2.05, 4.69) is 21.5 Å². The first-order valence-corrected chi connectivity index (χ1v) is 11.8. The van der Waals surface area contributed by atoms with E-state index in [1.807, 2.05) is 0 Å². The fourth-order valence-electron chi connectivity index (χ4n) is 3.98. The fourth-order valence-corrected chi connectivity index (χ4v) is 4.83. The first kappa shape index (κ1) is 25.2. The summed E-state index contributed by atoms with van der Waals surface area (Å²) in [5, 5.41) is 19.3. The minimum atomic E-state index is -1.34. The topological polar surface area (TPSA) is 154 Å². The lowest BCUT2D eigenvalue weighted by Crippen LogP contribution is -2.29. The molecule has 0 spiro atoms. The van der Waals surface area contributed by atoms with Crippen molar-refractivity contribution in [3.05, 3.63) is 85.5 Å². The molecule has 10 nitrogen and oxygen atoms in total. The van der Waals surface area contributed by atoms with E-state index in [4.69, 9.17) is 28.0 Å². The third kappa shape index (κ3) is 4.65. The van der Waals surface area contributed by atoms with Crippen LogP contribution in [0.5, 0.6) is 0 Å². The highest BCUT2D eigenvalue weighted by molar-refractivity contribution is 7.12. The Labute approximate surface area is 213 Å². The second-order valence-corrected chi connectivity index (χ2v) is 9.29. The molecule has 0 saturated carbocycles. The van der Waals surface area contributed by atoms with E-state index >= 15 is 0 Å². The number of aryl methyl sites for hydroxylation is 1. The van der Waals surface area contributed by atoms with Gasteiger partial charge in [0.2, 0.25) is 0 Å². The summed E-state index contributed by atoms with van der Waals surface area (Å²) in [6.45, 7) is 5.32. The van der Waals surface area contributed by atoms with Crippen molar-refractivity contribution in [3.63, 3.8) is 0 Å². The van der Waals surface area contributed by atoms with E-state index in [-0.39, 0.29) is 21.0 Å². The highest BCUT2D eigenvalue weighted by Gasteiger charge is 2.29. The number of halogens is 2. The van der Waals surface area contributed by atoms with Crippen molar-refractivity contribution < 1.29 is 14.3 Å². The molecule has 3 aromatic heterocycles. The van der Waals surface area contributed by atoms with Crippen molar-refractivity contribution in [3.8, 4) is 11.3 Å². The normalized spacial score (nSPS) is 15.6. The van der Waals surface area contributed by atoms with Gasteiger partial charge in [0.25, 0.3) is 5.56 Å². The van der Waals surface area contributed by atoms with Gasteiger partial charge in [0, 0.05) is 34.0 Å². The number of H-pyrrole nitrogens is 1. The molecule has 3 aromatic rings. The number of carboxylic acids is 1. The molecule has 13 heteroatoms. The molecule has 0 aliphatic carbocycles. The van der Waals surface area contributed by atoms with Crippen LogP contribution in [0, 0.1) is 11.2 Å². The number of nitrogens with zero attached hydrogens (tertiary/aromatic N) is 4. The van der Waals surface area contributed by atoms with Crippen molar-refractivity contribution in [2.75, 3.05) is 0 Å². The molecule has 4 rings (SSSR count). The van der Waals surface area contributed by atoms with E-state index in [1.165, 1.54) is 28.3 Å². The number of aromatic nitrogens is 4. The highest BCUT2D eigenvalue weighted by Crippen LogP contribution is 2.33. The van der Waals surface area contributed by atoms with Gasteiger partial charge in [-0.2, -0.15) is 0 Å². The molecule has 0 aromatic carbocycles. The van der Waals surface area contributed by atoms with Gasteiger partial charge in [-0.3, -0.25) is 19.8 Å². The summed E-state index contributed by atoms with van der Waals surface area (Å²) in [4.78, 5) is 35.9. The van der Waals surface area contributed by atoms with Gasteiger partial charge in [0.05, 0.1) is 29.3 Å². The van der Waals surface area contributed by atoms with Crippen molar-refractivity contribution in [1.82, 2.24) is 24.5 Å². The van der Waals surface area contributed by atoms with Gasteiger partial charge in [-0.1, -0.05) is 18.2 Å². The van der Waals surface area contributed by atoms with Gasteiger partial charge in [-0.25, -0.2) is 25.0 Å². The second kappa shape index (κ2) is 10.0. The van der Waals surface area contributed by atoms with Crippen LogP contribution in [0.2, 0.25) is 0 Å². The van der Waals surface area contributed by atoms with E-state index in [0.29, 0.717) is 47.1 Å². The molecule has 0 amide bonds. The first-order valence-electron chi connectivity index (χ1n) is 10.6. The Morgan fingerprint density at radius 2 is 2.25 bits per heavy atom. The van der Waals surface area contributed by atoms with Crippen molar-refractivity contribution in [1.29, 1.82) is 5.41 Å². The van der Waals surface area contributed by atoms with Gasteiger partial charge in [0.1, 0.15) is 22.9 Å². The van der Waals surface area contributed by atoms with Gasteiger partial charge in [-0.05, 0) is 25.5 Å². The Kier molecular flexibility index (Phi) is 7.02. The number of hydrogen-bond donors (Lipinski definition) is 4. The molecule has 1 atom stereocenters. The molecular weight excluding hydrogens is 509 g/mol. The summed E-state index contributed by atoms with van der Waals surface area (Å²) < 4.78 is 16.0. The number of nitrogens with two attached hydrogens (primary N) is 1. The number of aromatic amines is 1. The van der Waals surface area contributed by atoms with Crippen LogP contribution < -0.4 is 11.4 Å². The average Bonchev–Trinajstić information content (AvgIpc) is 3.56. The van der Waals surface area contributed by atoms with Crippen LogP contribution in [0.3, 0.4) is 0 Å². The molecule has 5 N–H and O–H groups in total. The van der Waals surface area contributed by atoms with Crippen molar-refractivity contribution >= 4 is 40.8 Å². The number of hydrazine groups is 1. The summed E-state index contributed by atoms with van der Waals surface area (Å²) in [5.41, 5.74) is 1.48. The molecular formula is C23H21ClFN7O3S. The predicted octanol–water partition coefficient (Wildman–Crippen LogP) is 3.89. The largest absolute Gasteiger partial charge is 0.477 e. The molecule has 0 bridgehead atoms. The number of allylic oxidation sites excluding steroid dienone is 4. The third-order valence-corrected chi connectivity index (χ3v) is 6.78. The summed E-state index contributed by atoms with van der Waals surface area (Å²) in [7, 11) is 0. The number of hydrogen-bond acceptors (Lipinski definition) is 7. The van der Waals surface area contributed by atoms with Gasteiger partial charge < -0.3 is 10.1 Å². The van der Waals surface area contributed by atoms with Crippen LogP contribution in [0.15, 0.2) is 51.9 Å². The van der Waals surface area contributed by atoms with E-state index in [1.54, 1.807) is 13.0 Å². The quantitative estimate of drug-likeness (QED) is 0.113. The van der Waals surface area contributed by atoms with E-state index in [9.17, 15) is 14.0 Å². The van der Waals surface area contributed by atoms with Crippen LogP contribution in [-0.4, -0.2) is 41.9 Å². The Morgan fingerprint density at radius 1 is 1.50 bits per heavy atom. The summed E-state index contributed by atoms with van der Waals surface area (Å²) in [6.07, 6.45) is 6.46. The maximum atomic E-state index is 14.5. The molecule has 1 aliphatic heterocycles. The first-order chi connectivity index (χ1) is 17.1. The summed E-state index contributed by atoms with van der Waals surface area (Å²) in [5.74, 6) is 4.71. The highest BCUT2D eigenvalue weighted by atomic mass is 35.5. The van der Waals surface area contributed by atoms with Crippen LogP contribution in [0.25, 0.3) is 16.8 Å². The summed E-state index contributed by atoms with van der Waals surface area (Å²) >= 11 is 6.61. The molecule has 0 unspecified atom stereocenters. The Bertz CT molecular complexity index is 1500. The summed E-state index contributed by atoms with van der Waals surface area (Å²) in [6, 6.07) is 0.930. The number of rotatable bonds is 8. The van der Waals surface area contributed by atoms with Crippen molar-refractivity contribution in [2.24, 2.45) is 5.84 Å². The molecule has 1 aliphatic rings. The number of thiophene rings is 1. The number of imidazole rings is 1. The number of aromatic carboxylic acids is 1.